The molecule has 0 bridgehead atoms. The first kappa shape index (κ1) is 20.9. The smallest absolute Gasteiger partial charge is 0.323 e. The summed E-state index contributed by atoms with van der Waals surface area (Å²) in [7, 11) is 0. The van der Waals surface area contributed by atoms with Crippen LogP contribution in [0.3, 0.4) is 0 Å². The van der Waals surface area contributed by atoms with E-state index in [2.05, 4.69) is 13.8 Å². The fourth-order valence-electron chi connectivity index (χ4n) is 2.40. The van der Waals surface area contributed by atoms with E-state index in [1.165, 1.54) is 4.90 Å². The summed E-state index contributed by atoms with van der Waals surface area (Å²) in [6, 6.07) is -0.188. The molecule has 0 radical (unpaired) electrons. The lowest BCUT2D eigenvalue weighted by molar-refractivity contribution is -0.144. The number of unbranched alkanes of at least 4 members (excludes halogenated alkanes) is 2. The lowest BCUT2D eigenvalue weighted by Crippen LogP contribution is -2.41. The molecule has 0 aromatic rings. The van der Waals surface area contributed by atoms with Crippen LogP contribution >= 0.6 is 0 Å². The van der Waals surface area contributed by atoms with Crippen molar-refractivity contribution >= 4 is 11.9 Å². The maximum atomic E-state index is 12.2. The second-order valence-corrected chi connectivity index (χ2v) is 6.01. The maximum absolute atomic E-state index is 12.2. The average molecular weight is 315 g/mol. The molecular formula is C16H33N3O3. The summed E-state index contributed by atoms with van der Waals surface area (Å²) in [6.07, 6.45) is 6.72. The van der Waals surface area contributed by atoms with E-state index < -0.39 is 5.97 Å². The van der Waals surface area contributed by atoms with Gasteiger partial charge >= 0.3 is 5.97 Å². The van der Waals surface area contributed by atoms with E-state index in [0.717, 1.165) is 38.5 Å². The number of carbonyl (C=O) groups excluding carboxylic acids is 1. The van der Waals surface area contributed by atoms with Crippen LogP contribution in [0.5, 0.6) is 0 Å². The minimum absolute atomic E-state index is 0.00678. The van der Waals surface area contributed by atoms with E-state index in [9.17, 15) is 9.59 Å². The number of rotatable bonds is 13. The molecule has 6 nitrogen and oxygen atoms in total. The van der Waals surface area contributed by atoms with E-state index in [1.807, 2.05) is 0 Å². The van der Waals surface area contributed by atoms with Crippen LogP contribution in [0.4, 0.5) is 0 Å². The lowest BCUT2D eigenvalue weighted by Gasteiger charge is -2.24. The second-order valence-electron chi connectivity index (χ2n) is 6.01. The Morgan fingerprint density at radius 3 is 2.23 bits per heavy atom. The predicted molar refractivity (Wildman–Crippen MR) is 88.5 cm³/mol. The molecule has 0 aliphatic carbocycles. The third-order valence-corrected chi connectivity index (χ3v) is 3.72. The zero-order valence-corrected chi connectivity index (χ0v) is 14.1. The number of hydrogen-bond donors (Lipinski definition) is 3. The zero-order chi connectivity index (χ0) is 17.0. The third kappa shape index (κ3) is 10.6. The Labute approximate surface area is 134 Å². The number of nitrogens with zero attached hydrogens (tertiary/aromatic N) is 1. The summed E-state index contributed by atoms with van der Waals surface area (Å²) < 4.78 is 0. The molecule has 22 heavy (non-hydrogen) atoms. The number of aliphatic carboxylic acids is 1. The lowest BCUT2D eigenvalue weighted by atomic mass is 10.1. The van der Waals surface area contributed by atoms with Crippen molar-refractivity contribution in [3.63, 3.8) is 0 Å². The summed E-state index contributed by atoms with van der Waals surface area (Å²) in [5.41, 5.74) is 11.9. The van der Waals surface area contributed by atoms with Gasteiger partial charge in [-0.05, 0) is 19.3 Å². The van der Waals surface area contributed by atoms with Gasteiger partial charge in [0.25, 0.3) is 0 Å². The minimum Gasteiger partial charge on any atom is -0.480 e. The highest BCUT2D eigenvalue weighted by Gasteiger charge is 2.19. The highest BCUT2D eigenvalue weighted by atomic mass is 16.4. The fraction of sp³-hybridized carbons (Fsp3) is 0.875. The molecule has 0 aromatic heterocycles. The molecule has 0 aromatic carbocycles. The molecule has 130 valence electrons. The molecule has 0 fully saturated rings. The number of carbonyl (C=O) groups is 2. The Balaban J connectivity index is 4.34. The van der Waals surface area contributed by atoms with Crippen molar-refractivity contribution in [2.75, 3.05) is 13.1 Å². The van der Waals surface area contributed by atoms with Gasteiger partial charge in [-0.15, -0.1) is 0 Å². The van der Waals surface area contributed by atoms with Crippen LogP contribution in [0.25, 0.3) is 0 Å². The molecule has 5 N–H and O–H groups in total. The normalized spacial score (nSPS) is 13.6. The first-order chi connectivity index (χ1) is 10.4. The van der Waals surface area contributed by atoms with Crippen molar-refractivity contribution in [1.29, 1.82) is 0 Å². The largest absolute Gasteiger partial charge is 0.480 e. The monoisotopic (exact) mass is 315 g/mol. The first-order valence-electron chi connectivity index (χ1n) is 8.41. The van der Waals surface area contributed by atoms with Gasteiger partial charge in [0.1, 0.15) is 6.54 Å². The summed E-state index contributed by atoms with van der Waals surface area (Å²) in [4.78, 5) is 24.5. The molecule has 2 unspecified atom stereocenters. The van der Waals surface area contributed by atoms with Gasteiger partial charge in [0.05, 0.1) is 0 Å². The quantitative estimate of drug-likeness (QED) is 0.448. The van der Waals surface area contributed by atoms with Crippen LogP contribution in [-0.4, -0.2) is 47.1 Å². The Morgan fingerprint density at radius 1 is 1.00 bits per heavy atom. The molecule has 0 saturated carbocycles. The first-order valence-corrected chi connectivity index (χ1v) is 8.41. The standard InChI is InChI=1S/C16H33N3O3/c1-3-5-6-8-14(18)11-15(20)19(12-16(21)22)10-9-13(17)7-4-2/h13-14H,3-12,17-18H2,1-2H3,(H,21,22). The van der Waals surface area contributed by atoms with Gasteiger partial charge in [0.2, 0.25) is 5.91 Å². The van der Waals surface area contributed by atoms with Gasteiger partial charge in [-0.3, -0.25) is 9.59 Å². The van der Waals surface area contributed by atoms with Crippen LogP contribution in [0.15, 0.2) is 0 Å². The molecular weight excluding hydrogens is 282 g/mol. The van der Waals surface area contributed by atoms with Gasteiger partial charge < -0.3 is 21.5 Å². The van der Waals surface area contributed by atoms with Crippen molar-refractivity contribution in [1.82, 2.24) is 4.90 Å². The molecule has 0 rings (SSSR count). The van der Waals surface area contributed by atoms with Crippen molar-refractivity contribution in [3.05, 3.63) is 0 Å². The highest BCUT2D eigenvalue weighted by Crippen LogP contribution is 2.08. The van der Waals surface area contributed by atoms with Gasteiger partial charge in [-0.2, -0.15) is 0 Å². The van der Waals surface area contributed by atoms with E-state index in [1.54, 1.807) is 0 Å². The Bertz CT molecular complexity index is 324. The van der Waals surface area contributed by atoms with Crippen LogP contribution in [-0.2, 0) is 9.59 Å². The van der Waals surface area contributed by atoms with Crippen molar-refractivity contribution < 1.29 is 14.7 Å². The summed E-state index contributed by atoms with van der Waals surface area (Å²) in [6.45, 7) is 4.27. The SMILES string of the molecule is CCCCCC(N)CC(=O)N(CCC(N)CCC)CC(=O)O. The van der Waals surface area contributed by atoms with Crippen LogP contribution in [0.2, 0.25) is 0 Å². The van der Waals surface area contributed by atoms with Crippen LogP contribution < -0.4 is 11.5 Å². The number of amides is 1. The minimum atomic E-state index is -1.00. The van der Waals surface area contributed by atoms with Crippen LogP contribution in [0, 0.1) is 0 Å². The van der Waals surface area contributed by atoms with Crippen LogP contribution in [0.1, 0.15) is 65.2 Å². The average Bonchev–Trinajstić information content (AvgIpc) is 2.43. The molecule has 0 aliphatic heterocycles. The number of nitrogens with two attached hydrogens (primary N) is 2. The number of hydrogen-bond acceptors (Lipinski definition) is 4. The predicted octanol–water partition coefficient (Wildman–Crippen LogP) is 1.71. The summed E-state index contributed by atoms with van der Waals surface area (Å²) in [5.74, 6) is -1.19. The second kappa shape index (κ2) is 12.4. The van der Waals surface area contributed by atoms with Gasteiger partial charge in [0.15, 0.2) is 0 Å². The number of carboxylic acid groups (broad SMARTS) is 1. The summed E-state index contributed by atoms with van der Waals surface area (Å²) >= 11 is 0. The molecule has 1 amide bonds. The van der Waals surface area contributed by atoms with Gasteiger partial charge in [0, 0.05) is 25.0 Å². The molecule has 0 aliphatic rings. The van der Waals surface area contributed by atoms with Crippen molar-refractivity contribution in [2.24, 2.45) is 11.5 Å². The third-order valence-electron chi connectivity index (χ3n) is 3.72. The number of carboxylic acids is 1. The van der Waals surface area contributed by atoms with E-state index in [4.69, 9.17) is 16.6 Å². The highest BCUT2D eigenvalue weighted by molar-refractivity contribution is 5.81. The molecule has 6 heteroatoms. The molecule has 0 saturated heterocycles. The topological polar surface area (TPSA) is 110 Å². The van der Waals surface area contributed by atoms with Crippen molar-refractivity contribution in [2.45, 2.75) is 77.3 Å². The molecule has 0 spiro atoms. The molecule has 0 heterocycles. The van der Waals surface area contributed by atoms with Gasteiger partial charge in [-0.1, -0.05) is 39.5 Å². The fourth-order valence-corrected chi connectivity index (χ4v) is 2.40. The van der Waals surface area contributed by atoms with E-state index in [-0.39, 0.29) is 31.0 Å². The van der Waals surface area contributed by atoms with E-state index in [0.29, 0.717) is 13.0 Å². The maximum Gasteiger partial charge on any atom is 0.323 e. The molecule has 2 atom stereocenters. The zero-order valence-electron chi connectivity index (χ0n) is 14.1. The Kier molecular flexibility index (Phi) is 11.8. The summed E-state index contributed by atoms with van der Waals surface area (Å²) in [5, 5.41) is 8.95. The Hall–Kier alpha value is -1.14. The van der Waals surface area contributed by atoms with E-state index >= 15 is 0 Å². The Morgan fingerprint density at radius 2 is 1.68 bits per heavy atom. The van der Waals surface area contributed by atoms with Crippen molar-refractivity contribution in [3.8, 4) is 0 Å². The van der Waals surface area contributed by atoms with Gasteiger partial charge in [-0.25, -0.2) is 0 Å².